The molecule has 9 aromatic carbocycles. The number of hydrogen-bond donors (Lipinski definition) is 0. The maximum Gasteiger partial charge on any atom is 0.227 e. The van der Waals surface area contributed by atoms with E-state index >= 15 is 0 Å². The number of nitrogens with zero attached hydrogens (tertiary/aromatic N) is 5. The number of para-hydroxylation sites is 2. The Bertz CT molecular complexity index is 3850. The molecule has 0 unspecified atom stereocenters. The summed E-state index contributed by atoms with van der Waals surface area (Å²) < 4.78 is 15.3. The zero-order valence-electron chi connectivity index (χ0n) is 33.6. The Labute approximate surface area is 360 Å². The van der Waals surface area contributed by atoms with Gasteiger partial charge < -0.3 is 13.4 Å². The van der Waals surface area contributed by atoms with Crippen LogP contribution in [0, 0.1) is 0 Å². The molecule has 4 heterocycles. The first kappa shape index (κ1) is 35.1. The van der Waals surface area contributed by atoms with Crippen molar-refractivity contribution in [3.05, 3.63) is 200 Å². The van der Waals surface area contributed by atoms with E-state index in [4.69, 9.17) is 28.8 Å². The molecule has 13 aromatic rings. The number of rotatable bonds is 6. The maximum atomic E-state index is 6.54. The third kappa shape index (κ3) is 5.75. The molecular weight excluding hydrogens is 775 g/mol. The average Bonchev–Trinajstić information content (AvgIpc) is 4.07. The highest BCUT2D eigenvalue weighted by Crippen LogP contribution is 2.41. The van der Waals surface area contributed by atoms with E-state index in [9.17, 15) is 0 Å². The summed E-state index contributed by atoms with van der Waals surface area (Å²) in [7, 11) is 0. The molecule has 294 valence electrons. The SMILES string of the molecule is c1ccc(-c2ccc(-c3nc(-c4cccc(-n5c6ccccc6c6ccccc65)c4)nc(-c4ccc5ccc6oc7ccc8nc(-c9ccccc9)oc8c7c6c5c4)n3)cc2)cc1. The molecule has 0 amide bonds. The molecular formula is C56H33N5O2. The van der Waals surface area contributed by atoms with Gasteiger partial charge in [0.1, 0.15) is 16.7 Å². The highest BCUT2D eigenvalue weighted by atomic mass is 16.4. The van der Waals surface area contributed by atoms with Gasteiger partial charge in [0.05, 0.1) is 16.4 Å². The first-order valence-corrected chi connectivity index (χ1v) is 21.0. The zero-order chi connectivity index (χ0) is 41.4. The van der Waals surface area contributed by atoms with E-state index < -0.39 is 0 Å². The molecule has 7 heteroatoms. The van der Waals surface area contributed by atoms with E-state index in [1.807, 2.05) is 54.6 Å². The fourth-order valence-electron chi connectivity index (χ4n) is 9.09. The van der Waals surface area contributed by atoms with Gasteiger partial charge in [0.15, 0.2) is 23.1 Å². The second kappa shape index (κ2) is 13.9. The van der Waals surface area contributed by atoms with E-state index in [0.717, 1.165) is 88.3 Å². The molecule has 0 aliphatic heterocycles. The van der Waals surface area contributed by atoms with Crippen molar-refractivity contribution in [1.82, 2.24) is 24.5 Å². The Hall–Kier alpha value is -8.68. The fourth-order valence-corrected chi connectivity index (χ4v) is 9.09. The molecule has 63 heavy (non-hydrogen) atoms. The summed E-state index contributed by atoms with van der Waals surface area (Å²) >= 11 is 0. The second-order valence-corrected chi connectivity index (χ2v) is 15.8. The summed E-state index contributed by atoms with van der Waals surface area (Å²) in [5, 5.41) is 6.31. The number of hydrogen-bond acceptors (Lipinski definition) is 6. The summed E-state index contributed by atoms with van der Waals surface area (Å²) in [5.41, 5.74) is 12.1. The van der Waals surface area contributed by atoms with Crippen LogP contribution in [0.1, 0.15) is 0 Å². The van der Waals surface area contributed by atoms with Crippen LogP contribution in [0.3, 0.4) is 0 Å². The topological polar surface area (TPSA) is 82.8 Å². The van der Waals surface area contributed by atoms with Gasteiger partial charge in [-0.15, -0.1) is 0 Å². The highest BCUT2D eigenvalue weighted by Gasteiger charge is 2.21. The Balaban J connectivity index is 1.00. The summed E-state index contributed by atoms with van der Waals surface area (Å²) in [6.45, 7) is 0. The standard InChI is InChI=1S/C56H33N5O2/c1-3-12-34(13-4-1)35-22-25-37(26-23-35)53-58-54(39-16-11-17-41(32-39)61-46-20-9-7-18-42(46)43-19-8-10-21-47(43)61)60-55(59-53)40-27-24-36-28-30-48-50(44(36)33-40)51-49(62-48)31-29-45-52(51)63-56(57-45)38-14-5-2-6-15-38/h1-33H. The molecule has 0 aliphatic rings. The molecule has 0 aliphatic carbocycles. The summed E-state index contributed by atoms with van der Waals surface area (Å²) in [5.74, 6) is 2.29. The van der Waals surface area contributed by atoms with Gasteiger partial charge >= 0.3 is 0 Å². The summed E-state index contributed by atoms with van der Waals surface area (Å²) in [4.78, 5) is 20.5. The second-order valence-electron chi connectivity index (χ2n) is 15.8. The van der Waals surface area contributed by atoms with Crippen molar-refractivity contribution in [1.29, 1.82) is 0 Å². The van der Waals surface area contributed by atoms with Crippen LogP contribution in [0.4, 0.5) is 0 Å². The quantitative estimate of drug-likeness (QED) is 0.166. The number of fused-ring (bicyclic) bond motifs is 10. The van der Waals surface area contributed by atoms with Gasteiger partial charge in [-0.2, -0.15) is 0 Å². The fraction of sp³-hybridized carbons (Fsp3) is 0. The van der Waals surface area contributed by atoms with Gasteiger partial charge in [-0.1, -0.05) is 140 Å². The van der Waals surface area contributed by atoms with Crippen LogP contribution in [0.15, 0.2) is 209 Å². The van der Waals surface area contributed by atoms with Crippen molar-refractivity contribution >= 4 is 65.6 Å². The van der Waals surface area contributed by atoms with Crippen molar-refractivity contribution in [3.8, 4) is 62.4 Å². The van der Waals surface area contributed by atoms with E-state index in [-0.39, 0.29) is 0 Å². The van der Waals surface area contributed by atoms with Crippen LogP contribution in [0.2, 0.25) is 0 Å². The lowest BCUT2D eigenvalue weighted by Crippen LogP contribution is -2.01. The van der Waals surface area contributed by atoms with Crippen molar-refractivity contribution in [2.45, 2.75) is 0 Å². The normalized spacial score (nSPS) is 11.8. The minimum atomic E-state index is 0.562. The average molecular weight is 808 g/mol. The smallest absolute Gasteiger partial charge is 0.227 e. The third-order valence-corrected chi connectivity index (χ3v) is 12.1. The number of benzene rings is 9. The Morgan fingerprint density at radius 1 is 0.349 bits per heavy atom. The summed E-state index contributed by atoms with van der Waals surface area (Å²) in [6, 6.07) is 68.8. The van der Waals surface area contributed by atoms with Crippen molar-refractivity contribution < 1.29 is 8.83 Å². The van der Waals surface area contributed by atoms with Crippen LogP contribution < -0.4 is 0 Å². The van der Waals surface area contributed by atoms with Crippen LogP contribution >= 0.6 is 0 Å². The van der Waals surface area contributed by atoms with Crippen LogP contribution in [0.5, 0.6) is 0 Å². The minimum Gasteiger partial charge on any atom is -0.456 e. The molecule has 7 nitrogen and oxygen atoms in total. The monoisotopic (exact) mass is 807 g/mol. The largest absolute Gasteiger partial charge is 0.456 e. The number of aromatic nitrogens is 5. The number of furan rings is 1. The van der Waals surface area contributed by atoms with E-state index in [0.29, 0.717) is 28.9 Å². The van der Waals surface area contributed by atoms with Crippen molar-refractivity contribution in [2.24, 2.45) is 0 Å². The van der Waals surface area contributed by atoms with Crippen LogP contribution in [-0.4, -0.2) is 24.5 Å². The molecule has 4 aromatic heterocycles. The predicted molar refractivity (Wildman–Crippen MR) is 254 cm³/mol. The summed E-state index contributed by atoms with van der Waals surface area (Å²) in [6.07, 6.45) is 0. The lowest BCUT2D eigenvalue weighted by atomic mass is 10.0. The van der Waals surface area contributed by atoms with Gasteiger partial charge in [-0.05, 0) is 82.6 Å². The van der Waals surface area contributed by atoms with Crippen LogP contribution in [0.25, 0.3) is 128 Å². The Kier molecular flexibility index (Phi) is 7.77. The minimum absolute atomic E-state index is 0.562. The molecule has 0 fully saturated rings. The molecule has 0 saturated carbocycles. The molecule has 0 saturated heterocycles. The van der Waals surface area contributed by atoms with Gasteiger partial charge in [-0.25, -0.2) is 19.9 Å². The maximum absolute atomic E-state index is 6.54. The van der Waals surface area contributed by atoms with E-state index in [1.54, 1.807) is 0 Å². The van der Waals surface area contributed by atoms with Crippen LogP contribution in [-0.2, 0) is 0 Å². The Morgan fingerprint density at radius 2 is 0.889 bits per heavy atom. The Morgan fingerprint density at radius 3 is 1.62 bits per heavy atom. The molecule has 0 spiro atoms. The first-order valence-electron chi connectivity index (χ1n) is 21.0. The molecule has 0 atom stereocenters. The molecule has 13 rings (SSSR count). The van der Waals surface area contributed by atoms with Gasteiger partial charge in [0.25, 0.3) is 0 Å². The first-order chi connectivity index (χ1) is 31.2. The lowest BCUT2D eigenvalue weighted by Gasteiger charge is -2.12. The zero-order valence-corrected chi connectivity index (χ0v) is 33.6. The van der Waals surface area contributed by atoms with Gasteiger partial charge in [0.2, 0.25) is 5.89 Å². The van der Waals surface area contributed by atoms with Gasteiger partial charge in [-0.3, -0.25) is 0 Å². The lowest BCUT2D eigenvalue weighted by molar-refractivity contribution is 0.622. The van der Waals surface area contributed by atoms with E-state index in [2.05, 4.69) is 150 Å². The van der Waals surface area contributed by atoms with Gasteiger partial charge in [0, 0.05) is 44.1 Å². The van der Waals surface area contributed by atoms with Crippen molar-refractivity contribution in [2.75, 3.05) is 0 Å². The third-order valence-electron chi connectivity index (χ3n) is 12.1. The molecule has 0 radical (unpaired) electrons. The number of oxazole rings is 1. The van der Waals surface area contributed by atoms with E-state index in [1.165, 1.54) is 10.8 Å². The predicted octanol–water partition coefficient (Wildman–Crippen LogP) is 14.5. The molecule has 0 bridgehead atoms. The molecule has 0 N–H and O–H groups in total. The highest BCUT2D eigenvalue weighted by molar-refractivity contribution is 6.25. The van der Waals surface area contributed by atoms with Crippen molar-refractivity contribution in [3.63, 3.8) is 0 Å².